The van der Waals surface area contributed by atoms with Gasteiger partial charge in [0, 0.05) is 37.9 Å². The predicted molar refractivity (Wildman–Crippen MR) is 105 cm³/mol. The maximum Gasteiger partial charge on any atom is 0.253 e. The van der Waals surface area contributed by atoms with Crippen molar-refractivity contribution in [3.8, 4) is 0 Å². The second kappa shape index (κ2) is 7.43. The van der Waals surface area contributed by atoms with E-state index in [9.17, 15) is 4.79 Å². The molecule has 1 aromatic heterocycles. The molecule has 4 rings (SSSR count). The number of hydrogen-bond acceptors (Lipinski definition) is 5. The molecule has 134 valence electrons. The minimum atomic E-state index is 0.0251. The second-order valence-corrected chi connectivity index (χ2v) is 7.31. The average molecular weight is 367 g/mol. The fourth-order valence-electron chi connectivity index (χ4n) is 3.29. The number of carbonyl (C=O) groups is 1. The zero-order valence-electron chi connectivity index (χ0n) is 14.7. The van der Waals surface area contributed by atoms with Crippen LogP contribution in [0.15, 0.2) is 48.0 Å². The lowest BCUT2D eigenvalue weighted by Crippen LogP contribution is -2.37. The van der Waals surface area contributed by atoms with Gasteiger partial charge >= 0.3 is 0 Å². The predicted octanol–water partition coefficient (Wildman–Crippen LogP) is 3.41. The van der Waals surface area contributed by atoms with Crippen molar-refractivity contribution in [2.45, 2.75) is 6.54 Å². The lowest BCUT2D eigenvalue weighted by molar-refractivity contribution is 0.0785. The Morgan fingerprint density at radius 2 is 2.04 bits per heavy atom. The first-order valence-electron chi connectivity index (χ1n) is 8.72. The molecular weight excluding hydrogens is 346 g/mol. The van der Waals surface area contributed by atoms with Gasteiger partial charge in [-0.05, 0) is 29.8 Å². The second-order valence-electron chi connectivity index (χ2n) is 6.42. The number of para-hydroxylation sites is 1. The third kappa shape index (κ3) is 3.43. The maximum absolute atomic E-state index is 12.9. The molecule has 2 heterocycles. The van der Waals surface area contributed by atoms with Crippen LogP contribution in [0.25, 0.3) is 10.2 Å². The number of nitrogens with zero attached hydrogens (tertiary/aromatic N) is 3. The number of benzene rings is 2. The molecule has 1 aliphatic heterocycles. The van der Waals surface area contributed by atoms with Crippen LogP contribution in [-0.2, 0) is 11.3 Å². The standard InChI is InChI=1S/C20H21N3O2S/c1-22(20(24)15-6-7-17-19(12-15)26-14-21-17)13-16-4-2-3-5-18(16)23-8-10-25-11-9-23/h2-7,12,14H,8-11,13H2,1H3. The van der Waals surface area contributed by atoms with Crippen molar-refractivity contribution in [3.63, 3.8) is 0 Å². The van der Waals surface area contributed by atoms with E-state index in [1.807, 2.05) is 37.4 Å². The van der Waals surface area contributed by atoms with Gasteiger partial charge in [0.2, 0.25) is 0 Å². The van der Waals surface area contributed by atoms with Gasteiger partial charge in [-0.1, -0.05) is 18.2 Å². The molecule has 0 spiro atoms. The SMILES string of the molecule is CN(Cc1ccccc1N1CCOCC1)C(=O)c1ccc2ncsc2c1. The van der Waals surface area contributed by atoms with Crippen molar-refractivity contribution in [1.29, 1.82) is 0 Å². The van der Waals surface area contributed by atoms with Gasteiger partial charge < -0.3 is 14.5 Å². The summed E-state index contributed by atoms with van der Waals surface area (Å²) in [6, 6.07) is 14.0. The van der Waals surface area contributed by atoms with E-state index in [4.69, 9.17) is 4.74 Å². The molecule has 0 radical (unpaired) electrons. The van der Waals surface area contributed by atoms with Crippen LogP contribution < -0.4 is 4.90 Å². The van der Waals surface area contributed by atoms with E-state index in [0.717, 1.165) is 42.1 Å². The molecule has 6 heteroatoms. The number of hydrogen-bond donors (Lipinski definition) is 0. The fourth-order valence-corrected chi connectivity index (χ4v) is 4.01. The summed E-state index contributed by atoms with van der Waals surface area (Å²) < 4.78 is 6.50. The van der Waals surface area contributed by atoms with Crippen molar-refractivity contribution in [3.05, 3.63) is 59.1 Å². The van der Waals surface area contributed by atoms with Crippen LogP contribution in [0.1, 0.15) is 15.9 Å². The molecule has 0 saturated carbocycles. The lowest BCUT2D eigenvalue weighted by atomic mass is 10.1. The Morgan fingerprint density at radius 1 is 1.23 bits per heavy atom. The first-order valence-corrected chi connectivity index (χ1v) is 9.59. The summed E-state index contributed by atoms with van der Waals surface area (Å²) in [5.74, 6) is 0.0251. The molecule has 5 nitrogen and oxygen atoms in total. The molecule has 0 N–H and O–H groups in total. The fraction of sp³-hybridized carbons (Fsp3) is 0.300. The Labute approximate surface area is 156 Å². The summed E-state index contributed by atoms with van der Waals surface area (Å²) in [5.41, 5.74) is 5.79. The molecule has 2 aromatic carbocycles. The number of carbonyl (C=O) groups excluding carboxylic acids is 1. The first-order chi connectivity index (χ1) is 12.7. The van der Waals surface area contributed by atoms with Gasteiger partial charge in [-0.25, -0.2) is 4.98 Å². The van der Waals surface area contributed by atoms with E-state index in [-0.39, 0.29) is 5.91 Å². The van der Waals surface area contributed by atoms with E-state index in [2.05, 4.69) is 22.0 Å². The summed E-state index contributed by atoms with van der Waals surface area (Å²) >= 11 is 1.56. The van der Waals surface area contributed by atoms with Crippen molar-refractivity contribution >= 4 is 33.1 Å². The highest BCUT2D eigenvalue weighted by molar-refractivity contribution is 7.16. The molecular formula is C20H21N3O2S. The van der Waals surface area contributed by atoms with E-state index in [1.165, 1.54) is 5.69 Å². The number of thiazole rings is 1. The van der Waals surface area contributed by atoms with Crippen molar-refractivity contribution in [2.75, 3.05) is 38.3 Å². The summed E-state index contributed by atoms with van der Waals surface area (Å²) in [7, 11) is 1.86. The quantitative estimate of drug-likeness (QED) is 0.709. The molecule has 0 unspecified atom stereocenters. The van der Waals surface area contributed by atoms with Crippen LogP contribution >= 0.6 is 11.3 Å². The highest BCUT2D eigenvalue weighted by Crippen LogP contribution is 2.24. The molecule has 0 atom stereocenters. The van der Waals surface area contributed by atoms with Gasteiger partial charge in [-0.15, -0.1) is 11.3 Å². The van der Waals surface area contributed by atoms with E-state index in [0.29, 0.717) is 12.1 Å². The number of ether oxygens (including phenoxy) is 1. The van der Waals surface area contributed by atoms with Gasteiger partial charge in [0.1, 0.15) is 0 Å². The average Bonchev–Trinajstić information content (AvgIpc) is 3.16. The number of aromatic nitrogens is 1. The monoisotopic (exact) mass is 367 g/mol. The number of fused-ring (bicyclic) bond motifs is 1. The van der Waals surface area contributed by atoms with Gasteiger partial charge in [-0.2, -0.15) is 0 Å². The smallest absolute Gasteiger partial charge is 0.253 e. The number of amides is 1. The van der Waals surface area contributed by atoms with Crippen LogP contribution in [0.2, 0.25) is 0 Å². The van der Waals surface area contributed by atoms with E-state index >= 15 is 0 Å². The molecule has 1 amide bonds. The summed E-state index contributed by atoms with van der Waals surface area (Å²) in [6.45, 7) is 3.84. The minimum Gasteiger partial charge on any atom is -0.378 e. The molecule has 1 fully saturated rings. The third-order valence-corrected chi connectivity index (χ3v) is 5.47. The van der Waals surface area contributed by atoms with Crippen LogP contribution in [0.5, 0.6) is 0 Å². The van der Waals surface area contributed by atoms with Crippen molar-refractivity contribution in [2.24, 2.45) is 0 Å². The highest BCUT2D eigenvalue weighted by Gasteiger charge is 2.18. The Kier molecular flexibility index (Phi) is 4.86. The largest absolute Gasteiger partial charge is 0.378 e. The molecule has 26 heavy (non-hydrogen) atoms. The number of rotatable bonds is 4. The molecule has 1 aliphatic rings. The summed E-state index contributed by atoms with van der Waals surface area (Å²) in [4.78, 5) is 21.3. The topological polar surface area (TPSA) is 45.7 Å². The Morgan fingerprint density at radius 3 is 2.88 bits per heavy atom. The molecule has 1 saturated heterocycles. The Bertz CT molecular complexity index is 918. The van der Waals surface area contributed by atoms with Crippen LogP contribution in [0.3, 0.4) is 0 Å². The summed E-state index contributed by atoms with van der Waals surface area (Å²) in [6.07, 6.45) is 0. The van der Waals surface area contributed by atoms with Crippen LogP contribution in [0, 0.1) is 0 Å². The first kappa shape index (κ1) is 17.0. The number of anilines is 1. The number of morpholine rings is 1. The Balaban J connectivity index is 1.54. The van der Waals surface area contributed by atoms with Crippen molar-refractivity contribution in [1.82, 2.24) is 9.88 Å². The zero-order valence-corrected chi connectivity index (χ0v) is 15.5. The van der Waals surface area contributed by atoms with Crippen molar-refractivity contribution < 1.29 is 9.53 Å². The van der Waals surface area contributed by atoms with E-state index < -0.39 is 0 Å². The molecule has 3 aromatic rings. The van der Waals surface area contributed by atoms with Gasteiger partial charge in [0.05, 0.1) is 28.9 Å². The van der Waals surface area contributed by atoms with Gasteiger partial charge in [-0.3, -0.25) is 4.79 Å². The summed E-state index contributed by atoms with van der Waals surface area (Å²) in [5, 5.41) is 0. The van der Waals surface area contributed by atoms with Gasteiger partial charge in [0.25, 0.3) is 5.91 Å². The van der Waals surface area contributed by atoms with Gasteiger partial charge in [0.15, 0.2) is 0 Å². The molecule has 0 bridgehead atoms. The van der Waals surface area contributed by atoms with Crippen LogP contribution in [-0.4, -0.2) is 49.1 Å². The molecule has 0 aliphatic carbocycles. The zero-order chi connectivity index (χ0) is 17.9. The highest BCUT2D eigenvalue weighted by atomic mass is 32.1. The third-order valence-electron chi connectivity index (χ3n) is 4.68. The van der Waals surface area contributed by atoms with Crippen LogP contribution in [0.4, 0.5) is 5.69 Å². The normalized spacial score (nSPS) is 14.6. The minimum absolute atomic E-state index is 0.0251. The Hall–Kier alpha value is -2.44. The van der Waals surface area contributed by atoms with E-state index in [1.54, 1.807) is 21.7 Å². The lowest BCUT2D eigenvalue weighted by Gasteiger charge is -2.31. The maximum atomic E-state index is 12.9.